The number of fused-ring (bicyclic) bond motifs is 3. The Labute approximate surface area is 185 Å². The molecule has 0 saturated heterocycles. The van der Waals surface area contributed by atoms with Gasteiger partial charge in [-0.05, 0) is 47.9 Å². The fourth-order valence-corrected chi connectivity index (χ4v) is 4.04. The van der Waals surface area contributed by atoms with E-state index < -0.39 is 0 Å². The summed E-state index contributed by atoms with van der Waals surface area (Å²) in [5.41, 5.74) is 1.43. The van der Waals surface area contributed by atoms with Gasteiger partial charge in [0.1, 0.15) is 5.76 Å². The fraction of sp³-hybridized carbons (Fsp3) is 0.192. The lowest BCUT2D eigenvalue weighted by atomic mass is 9.96. The van der Waals surface area contributed by atoms with E-state index in [1.165, 1.54) is 6.08 Å². The second-order valence-corrected chi connectivity index (χ2v) is 8.12. The highest BCUT2D eigenvalue weighted by Gasteiger charge is 2.21. The van der Waals surface area contributed by atoms with E-state index in [1.807, 2.05) is 38.1 Å². The van der Waals surface area contributed by atoms with Gasteiger partial charge >= 0.3 is 6.01 Å². The molecule has 160 valence electrons. The van der Waals surface area contributed by atoms with Crippen LogP contribution < -0.4 is 4.74 Å². The van der Waals surface area contributed by atoms with Gasteiger partial charge in [0.15, 0.2) is 11.6 Å². The molecule has 0 bridgehead atoms. The first-order chi connectivity index (χ1) is 15.5. The second-order valence-electron chi connectivity index (χ2n) is 8.12. The van der Waals surface area contributed by atoms with Gasteiger partial charge in [-0.15, -0.1) is 0 Å². The van der Waals surface area contributed by atoms with Crippen molar-refractivity contribution in [2.24, 2.45) is 0 Å². The topological polar surface area (TPSA) is 88.4 Å². The second kappa shape index (κ2) is 7.96. The summed E-state index contributed by atoms with van der Waals surface area (Å²) in [6.45, 7) is 3.82. The zero-order valence-corrected chi connectivity index (χ0v) is 17.9. The van der Waals surface area contributed by atoms with Crippen LogP contribution in [0.4, 0.5) is 0 Å². The van der Waals surface area contributed by atoms with E-state index in [2.05, 4.69) is 40.3 Å². The largest absolute Gasteiger partial charge is 0.512 e. The first-order valence-electron chi connectivity index (χ1n) is 10.6. The Balaban J connectivity index is 1.78. The zero-order chi connectivity index (χ0) is 22.2. The van der Waals surface area contributed by atoms with E-state index in [4.69, 9.17) is 9.72 Å². The average Bonchev–Trinajstić information content (AvgIpc) is 2.78. The van der Waals surface area contributed by atoms with Crippen LogP contribution in [0.5, 0.6) is 6.01 Å². The van der Waals surface area contributed by atoms with Crippen molar-refractivity contribution in [3.8, 4) is 17.4 Å². The molecule has 0 radical (unpaired) electrons. The molecule has 0 atom stereocenters. The number of ether oxygens (including phenoxy) is 1. The summed E-state index contributed by atoms with van der Waals surface area (Å²) >= 11 is 0. The first-order valence-corrected chi connectivity index (χ1v) is 10.6. The Morgan fingerprint density at radius 2 is 1.50 bits per heavy atom. The van der Waals surface area contributed by atoms with Gasteiger partial charge in [0, 0.05) is 23.6 Å². The monoisotopic (exact) mass is 425 g/mol. The maximum atomic E-state index is 10.4. The highest BCUT2D eigenvalue weighted by Crippen LogP contribution is 2.35. The van der Waals surface area contributed by atoms with Crippen LogP contribution in [-0.4, -0.2) is 31.3 Å². The zero-order valence-electron chi connectivity index (χ0n) is 17.9. The molecule has 1 heterocycles. The van der Waals surface area contributed by atoms with Crippen molar-refractivity contribution in [1.82, 2.24) is 15.0 Å². The normalized spacial score (nSPS) is 14.3. The lowest BCUT2D eigenvalue weighted by Crippen LogP contribution is -2.12. The predicted molar refractivity (Wildman–Crippen MR) is 126 cm³/mol. The predicted octanol–water partition coefficient (Wildman–Crippen LogP) is 6.14. The van der Waals surface area contributed by atoms with Crippen LogP contribution in [0.15, 0.2) is 72.2 Å². The number of benzene rings is 3. The summed E-state index contributed by atoms with van der Waals surface area (Å²) in [6.07, 6.45) is 2.07. The van der Waals surface area contributed by atoms with Crippen molar-refractivity contribution in [1.29, 1.82) is 0 Å². The van der Waals surface area contributed by atoms with Gasteiger partial charge in [-0.25, -0.2) is 4.98 Å². The molecular formula is C26H23N3O3. The Morgan fingerprint density at radius 3 is 2.25 bits per heavy atom. The van der Waals surface area contributed by atoms with Gasteiger partial charge in [-0.2, -0.15) is 9.97 Å². The van der Waals surface area contributed by atoms with Crippen LogP contribution in [0.2, 0.25) is 0 Å². The van der Waals surface area contributed by atoms with Crippen molar-refractivity contribution in [2.45, 2.75) is 32.8 Å². The van der Waals surface area contributed by atoms with Gasteiger partial charge < -0.3 is 14.9 Å². The average molecular weight is 425 g/mol. The van der Waals surface area contributed by atoms with E-state index in [0.717, 1.165) is 27.1 Å². The third-order valence-electron chi connectivity index (χ3n) is 5.48. The molecule has 1 aliphatic rings. The minimum atomic E-state index is -0.121. The van der Waals surface area contributed by atoms with Crippen molar-refractivity contribution >= 4 is 27.1 Å². The number of aliphatic hydroxyl groups is 2. The van der Waals surface area contributed by atoms with Crippen LogP contribution in [0, 0.1) is 0 Å². The third kappa shape index (κ3) is 3.64. The van der Waals surface area contributed by atoms with Crippen molar-refractivity contribution in [2.75, 3.05) is 0 Å². The molecule has 0 unspecified atom stereocenters. The molecule has 0 spiro atoms. The third-order valence-corrected chi connectivity index (χ3v) is 5.48. The van der Waals surface area contributed by atoms with Gasteiger partial charge in [0.25, 0.3) is 0 Å². The molecule has 0 fully saturated rings. The Morgan fingerprint density at radius 1 is 0.812 bits per heavy atom. The highest BCUT2D eigenvalue weighted by molar-refractivity contribution is 6.13. The number of nitrogens with zero attached hydrogens (tertiary/aromatic N) is 3. The van der Waals surface area contributed by atoms with E-state index in [0.29, 0.717) is 30.1 Å². The molecule has 1 aromatic heterocycles. The van der Waals surface area contributed by atoms with Gasteiger partial charge in [0.05, 0.1) is 11.9 Å². The molecule has 3 aromatic carbocycles. The molecule has 0 amide bonds. The maximum absolute atomic E-state index is 10.4. The number of aliphatic hydroxyl groups excluding tert-OH is 2. The van der Waals surface area contributed by atoms with Crippen LogP contribution >= 0.6 is 0 Å². The lowest BCUT2D eigenvalue weighted by molar-refractivity contribution is 0.221. The molecule has 6 nitrogen and oxygen atoms in total. The molecular weight excluding hydrogens is 402 g/mol. The van der Waals surface area contributed by atoms with E-state index in [9.17, 15) is 10.2 Å². The van der Waals surface area contributed by atoms with Crippen molar-refractivity contribution < 1.29 is 14.9 Å². The maximum Gasteiger partial charge on any atom is 0.320 e. The molecule has 2 N–H and O–H groups in total. The smallest absolute Gasteiger partial charge is 0.320 e. The fourth-order valence-electron chi connectivity index (χ4n) is 4.04. The summed E-state index contributed by atoms with van der Waals surface area (Å²) in [7, 11) is 0. The SMILES string of the molecule is CC(C)Oc1nc(C2=C(O)C=C(O)CC2)nc(-c2cc3ccccc3c3ccccc23)n1. The molecule has 4 aromatic rings. The minimum absolute atomic E-state index is 0.0373. The number of hydrogen-bond acceptors (Lipinski definition) is 6. The summed E-state index contributed by atoms with van der Waals surface area (Å²) in [5.74, 6) is 0.931. The quantitative estimate of drug-likeness (QED) is 0.382. The number of rotatable bonds is 4. The standard InChI is InChI=1S/C26H23N3O3/c1-15(2)32-26-28-24(21-12-11-17(30)14-23(21)31)27-25(29-26)22-13-16-7-3-4-8-18(16)19-9-5-6-10-20(19)22/h3-10,13-15,30-31H,11-12H2,1-2H3. The molecule has 0 aliphatic heterocycles. The van der Waals surface area contributed by atoms with Crippen LogP contribution in [0.1, 0.15) is 32.5 Å². The minimum Gasteiger partial charge on any atom is -0.512 e. The van der Waals surface area contributed by atoms with Crippen LogP contribution in [-0.2, 0) is 0 Å². The summed E-state index contributed by atoms with van der Waals surface area (Å²) in [6, 6.07) is 18.7. The van der Waals surface area contributed by atoms with Crippen molar-refractivity contribution in [3.05, 3.63) is 78.0 Å². The Kier molecular flexibility index (Phi) is 4.98. The van der Waals surface area contributed by atoms with Crippen LogP contribution in [0.25, 0.3) is 38.5 Å². The molecule has 0 saturated carbocycles. The lowest BCUT2D eigenvalue weighted by Gasteiger charge is -2.16. The van der Waals surface area contributed by atoms with E-state index in [-0.39, 0.29) is 23.6 Å². The van der Waals surface area contributed by atoms with Crippen LogP contribution in [0.3, 0.4) is 0 Å². The Bertz CT molecular complexity index is 1410. The van der Waals surface area contributed by atoms with E-state index in [1.54, 1.807) is 0 Å². The highest BCUT2D eigenvalue weighted by atomic mass is 16.5. The van der Waals surface area contributed by atoms with Gasteiger partial charge in [-0.1, -0.05) is 48.5 Å². The van der Waals surface area contributed by atoms with Gasteiger partial charge in [-0.3, -0.25) is 0 Å². The van der Waals surface area contributed by atoms with Crippen molar-refractivity contribution in [3.63, 3.8) is 0 Å². The molecule has 32 heavy (non-hydrogen) atoms. The number of aromatic nitrogens is 3. The summed E-state index contributed by atoms with van der Waals surface area (Å²) < 4.78 is 5.83. The summed E-state index contributed by atoms with van der Waals surface area (Å²) in [5, 5.41) is 24.6. The molecule has 1 aliphatic carbocycles. The number of hydrogen-bond donors (Lipinski definition) is 2. The summed E-state index contributed by atoms with van der Waals surface area (Å²) in [4.78, 5) is 13.8. The van der Waals surface area contributed by atoms with Gasteiger partial charge in [0.2, 0.25) is 0 Å². The molecule has 6 heteroatoms. The number of allylic oxidation sites excluding steroid dienone is 3. The first kappa shape index (κ1) is 20.0. The Hall–Kier alpha value is -3.93. The van der Waals surface area contributed by atoms with E-state index >= 15 is 0 Å². The molecule has 5 rings (SSSR count).